The van der Waals surface area contributed by atoms with E-state index in [0.29, 0.717) is 22.4 Å². The number of nitrogens with zero attached hydrogens (tertiary/aromatic N) is 4. The average molecular weight is 612 g/mol. The van der Waals surface area contributed by atoms with Gasteiger partial charge in [-0.1, -0.05) is 65.6 Å². The molecule has 206 valence electrons. The maximum Gasteiger partial charge on any atom is 0.476 e. The Kier molecular flexibility index (Phi) is 8.94. The number of oxime groups is 1. The summed E-state index contributed by atoms with van der Waals surface area (Å²) in [4.78, 5) is 16.0. The van der Waals surface area contributed by atoms with Crippen molar-refractivity contribution in [3.05, 3.63) is 69.3 Å². The minimum absolute atomic E-state index is 0.268. The molecule has 0 aliphatic carbocycles. The topological polar surface area (TPSA) is 109 Å². The molecule has 1 unspecified atom stereocenters. The lowest BCUT2D eigenvalue weighted by Gasteiger charge is -2.15. The van der Waals surface area contributed by atoms with Crippen LogP contribution in [0.15, 0.2) is 52.5 Å². The Morgan fingerprint density at radius 3 is 2.23 bits per heavy atom. The molecule has 1 heterocycles. The molecule has 0 bridgehead atoms. The number of aromatic nitrogens is 2. The lowest BCUT2D eigenvalue weighted by atomic mass is 10.1. The first-order valence-electron chi connectivity index (χ1n) is 10.4. The van der Waals surface area contributed by atoms with Crippen molar-refractivity contribution in [2.75, 3.05) is 5.32 Å². The quantitative estimate of drug-likeness (QED) is 0.139. The first-order valence-corrected chi connectivity index (χ1v) is 12.3. The fraction of sp³-hybridized carbons (Fsp3) is 0.182. The van der Waals surface area contributed by atoms with E-state index in [-0.39, 0.29) is 12.1 Å². The second-order valence-corrected chi connectivity index (χ2v) is 9.53. The third-order valence-electron chi connectivity index (χ3n) is 4.80. The minimum atomic E-state index is -5.44. The molecule has 39 heavy (non-hydrogen) atoms. The van der Waals surface area contributed by atoms with Crippen molar-refractivity contribution in [1.29, 1.82) is 5.26 Å². The Balaban J connectivity index is 2.15. The number of carbonyl (C=O) groups excluding carboxylic acids is 1. The van der Waals surface area contributed by atoms with Gasteiger partial charge in [-0.05, 0) is 24.1 Å². The number of hydrogen-bond acceptors (Lipinski definition) is 6. The van der Waals surface area contributed by atoms with Gasteiger partial charge >= 0.3 is 17.8 Å². The maximum absolute atomic E-state index is 13.4. The van der Waals surface area contributed by atoms with Gasteiger partial charge in [0.05, 0.1) is 21.3 Å². The Bertz CT molecular complexity index is 1480. The monoisotopic (exact) mass is 611 g/mol. The van der Waals surface area contributed by atoms with Crippen LogP contribution in [0.5, 0.6) is 0 Å². The summed E-state index contributed by atoms with van der Waals surface area (Å²) in [5.74, 6) is -1.05. The van der Waals surface area contributed by atoms with Crippen LogP contribution in [0.1, 0.15) is 30.2 Å². The lowest BCUT2D eigenvalue weighted by molar-refractivity contribution is -0.137. The Labute approximate surface area is 228 Å². The summed E-state index contributed by atoms with van der Waals surface area (Å²) in [5.41, 5.74) is -7.64. The Morgan fingerprint density at radius 1 is 1.15 bits per heavy atom. The number of alkyl halides is 6. The molecule has 1 amide bonds. The number of rotatable bonds is 6. The van der Waals surface area contributed by atoms with Crippen LogP contribution in [0, 0.1) is 11.3 Å². The summed E-state index contributed by atoms with van der Waals surface area (Å²) in [6.07, 6.45) is -6.13. The number of amides is 1. The van der Waals surface area contributed by atoms with Crippen LogP contribution in [-0.2, 0) is 21.8 Å². The molecule has 8 nitrogen and oxygen atoms in total. The van der Waals surface area contributed by atoms with Crippen LogP contribution < -0.4 is 5.32 Å². The first-order chi connectivity index (χ1) is 18.2. The largest absolute Gasteiger partial charge is 0.476 e. The number of halogens is 8. The number of nitrogens with one attached hydrogen (secondary N) is 1. The molecule has 0 aliphatic rings. The first kappa shape index (κ1) is 29.9. The molecule has 0 spiro atoms. The zero-order chi connectivity index (χ0) is 29.1. The van der Waals surface area contributed by atoms with Crippen molar-refractivity contribution in [3.63, 3.8) is 0 Å². The predicted octanol–water partition coefficient (Wildman–Crippen LogP) is 7.06. The maximum atomic E-state index is 13.4. The zero-order valence-corrected chi connectivity index (χ0v) is 21.5. The summed E-state index contributed by atoms with van der Waals surface area (Å²) in [5, 5.41) is 16.9. The highest BCUT2D eigenvalue weighted by molar-refractivity contribution is 7.86. The smallest absolute Gasteiger partial charge is 0.297 e. The Hall–Kier alpha value is -3.61. The van der Waals surface area contributed by atoms with E-state index < -0.39 is 66.3 Å². The number of carbonyl (C=O) groups is 1. The normalized spacial score (nSPS) is 13.1. The molecular weight excluding hydrogens is 599 g/mol. The second-order valence-electron chi connectivity index (χ2n) is 7.31. The van der Waals surface area contributed by atoms with E-state index in [1.807, 2.05) is 5.32 Å². The van der Waals surface area contributed by atoms with E-state index in [4.69, 9.17) is 28.0 Å². The summed E-state index contributed by atoms with van der Waals surface area (Å²) in [6, 6.07) is 10.5. The van der Waals surface area contributed by atoms with Gasteiger partial charge in [0.1, 0.15) is 16.7 Å². The summed E-state index contributed by atoms with van der Waals surface area (Å²) in [7, 11) is -3.95. The van der Waals surface area contributed by atoms with Gasteiger partial charge in [0.25, 0.3) is 0 Å². The highest BCUT2D eigenvalue weighted by Crippen LogP contribution is 2.41. The molecular formula is C22H13Cl2F6N5O3S. The minimum Gasteiger partial charge on any atom is -0.297 e. The van der Waals surface area contributed by atoms with Crippen molar-refractivity contribution in [3.8, 4) is 11.8 Å². The van der Waals surface area contributed by atoms with E-state index in [1.54, 1.807) is 37.3 Å². The molecule has 3 aromatic rings. The second kappa shape index (κ2) is 11.6. The molecule has 0 radical (unpaired) electrons. The molecule has 3 rings (SSSR count). The van der Waals surface area contributed by atoms with Crippen LogP contribution in [-0.4, -0.2) is 31.3 Å². The third-order valence-corrected chi connectivity index (χ3v) is 6.55. The number of anilines is 1. The van der Waals surface area contributed by atoms with Gasteiger partial charge in [0.2, 0.25) is 0 Å². The summed E-state index contributed by atoms with van der Waals surface area (Å²) < 4.78 is 92.4. The van der Waals surface area contributed by atoms with Crippen molar-refractivity contribution < 1.29 is 40.2 Å². The summed E-state index contributed by atoms with van der Waals surface area (Å²) in [6.45, 7) is 1.68. The SMILES string of the molecule is CCC(=NOC(=O)Nc1c(S(=O)C(F)(F)F)c(C#N)nn1-c1c(Cl)cc(C(F)(F)F)cc1Cl)c1ccccc1. The Morgan fingerprint density at radius 2 is 1.74 bits per heavy atom. The van der Waals surface area contributed by atoms with Gasteiger partial charge in [-0.2, -0.15) is 36.7 Å². The molecule has 0 saturated carbocycles. The molecule has 17 heteroatoms. The molecule has 1 aromatic heterocycles. The summed E-state index contributed by atoms with van der Waals surface area (Å²) >= 11 is 11.9. The van der Waals surface area contributed by atoms with Crippen LogP contribution >= 0.6 is 23.2 Å². The number of benzene rings is 2. The number of nitriles is 1. The van der Waals surface area contributed by atoms with Gasteiger partial charge in [-0.15, -0.1) is 0 Å². The average Bonchev–Trinajstić information content (AvgIpc) is 3.20. The lowest BCUT2D eigenvalue weighted by Crippen LogP contribution is -2.21. The third kappa shape index (κ3) is 6.70. The molecule has 0 aliphatic heterocycles. The molecule has 0 fully saturated rings. The zero-order valence-electron chi connectivity index (χ0n) is 19.2. The van der Waals surface area contributed by atoms with Crippen molar-refractivity contribution in [2.24, 2.45) is 5.16 Å². The highest BCUT2D eigenvalue weighted by Gasteiger charge is 2.43. The van der Waals surface area contributed by atoms with Gasteiger partial charge in [-0.25, -0.2) is 13.7 Å². The van der Waals surface area contributed by atoms with E-state index in [2.05, 4.69) is 10.3 Å². The molecule has 0 saturated heterocycles. The van der Waals surface area contributed by atoms with Crippen molar-refractivity contribution >= 4 is 51.6 Å². The molecule has 2 aromatic carbocycles. The standard InChI is InChI=1S/C22H13Cl2F6N5O3S/c1-2-15(11-6-4-3-5-7-11)34-38-20(36)32-19-18(39(37)22(28,29)30)16(10-31)33-35(19)17-13(23)8-12(9-14(17)24)21(25,26)27/h3-9H,2H2,1H3,(H,32,36). The van der Waals surface area contributed by atoms with Gasteiger partial charge in [0.15, 0.2) is 22.3 Å². The number of hydrogen-bond donors (Lipinski definition) is 1. The van der Waals surface area contributed by atoms with Gasteiger partial charge in [-0.3, -0.25) is 10.2 Å². The van der Waals surface area contributed by atoms with E-state index >= 15 is 0 Å². The van der Waals surface area contributed by atoms with Crippen LogP contribution in [0.2, 0.25) is 10.0 Å². The van der Waals surface area contributed by atoms with Crippen molar-refractivity contribution in [1.82, 2.24) is 9.78 Å². The van der Waals surface area contributed by atoms with Gasteiger partial charge in [0, 0.05) is 0 Å². The van der Waals surface area contributed by atoms with E-state index in [1.165, 1.54) is 6.07 Å². The van der Waals surface area contributed by atoms with Crippen LogP contribution in [0.3, 0.4) is 0 Å². The molecule has 1 N–H and O–H groups in total. The van der Waals surface area contributed by atoms with Crippen molar-refractivity contribution in [2.45, 2.75) is 29.9 Å². The van der Waals surface area contributed by atoms with Crippen LogP contribution in [0.25, 0.3) is 5.69 Å². The molecule has 1 atom stereocenters. The van der Waals surface area contributed by atoms with E-state index in [9.17, 15) is 40.6 Å². The fourth-order valence-corrected chi connectivity index (χ4v) is 4.59. The van der Waals surface area contributed by atoms with Crippen LogP contribution in [0.4, 0.5) is 37.0 Å². The van der Waals surface area contributed by atoms with Gasteiger partial charge < -0.3 is 0 Å². The fourth-order valence-electron chi connectivity index (χ4n) is 3.14. The predicted molar refractivity (Wildman–Crippen MR) is 129 cm³/mol. The highest BCUT2D eigenvalue weighted by atomic mass is 35.5. The van der Waals surface area contributed by atoms with E-state index in [0.717, 1.165) is 0 Å².